The third-order valence-electron chi connectivity index (χ3n) is 3.24. The molecule has 4 nitrogen and oxygen atoms in total. The van der Waals surface area contributed by atoms with Crippen LogP contribution in [0.25, 0.3) is 0 Å². The highest BCUT2D eigenvalue weighted by Crippen LogP contribution is 2.34. The smallest absolute Gasteiger partial charge is 0.264 e. The van der Waals surface area contributed by atoms with Crippen LogP contribution in [0.1, 0.15) is 18.9 Å². The Hall–Kier alpha value is -0.910. The molecule has 0 unspecified atom stereocenters. The lowest BCUT2D eigenvalue weighted by Crippen LogP contribution is -2.47. The molecule has 0 spiro atoms. The number of ether oxygens (including phenoxy) is 1. The molecule has 1 aliphatic carbocycles. The van der Waals surface area contributed by atoms with Crippen molar-refractivity contribution in [1.29, 1.82) is 0 Å². The van der Waals surface area contributed by atoms with E-state index in [1.165, 1.54) is 0 Å². The Kier molecular flexibility index (Phi) is 4.04. The van der Waals surface area contributed by atoms with E-state index in [0.29, 0.717) is 13.0 Å². The van der Waals surface area contributed by atoms with Crippen LogP contribution in [0.4, 0.5) is 0 Å². The first-order valence-electron chi connectivity index (χ1n) is 5.99. The molecule has 0 saturated heterocycles. The van der Waals surface area contributed by atoms with E-state index in [9.17, 15) is 8.42 Å². The maximum absolute atomic E-state index is 11.0. The zero-order valence-corrected chi connectivity index (χ0v) is 11.4. The van der Waals surface area contributed by atoms with E-state index in [-0.39, 0.29) is 18.1 Å². The standard InChI is InChI=1S/C13H18O4S/c1-10-12(8-13(10)17-18(2,14)15)16-9-11-6-4-3-5-7-11/h3-7,10,12-13H,8-9H2,1-2H3/t10-,12+,13-/m1/s1. The van der Waals surface area contributed by atoms with Crippen molar-refractivity contribution in [3.63, 3.8) is 0 Å². The Morgan fingerprint density at radius 2 is 1.89 bits per heavy atom. The molecule has 1 aromatic carbocycles. The molecule has 1 aromatic rings. The van der Waals surface area contributed by atoms with Crippen molar-refractivity contribution in [1.82, 2.24) is 0 Å². The van der Waals surface area contributed by atoms with Crippen molar-refractivity contribution in [2.24, 2.45) is 5.92 Å². The van der Waals surface area contributed by atoms with Crippen molar-refractivity contribution in [2.45, 2.75) is 32.2 Å². The first kappa shape index (κ1) is 13.5. The molecule has 0 N–H and O–H groups in total. The molecule has 0 radical (unpaired) electrons. The van der Waals surface area contributed by atoms with Crippen LogP contribution in [0.2, 0.25) is 0 Å². The van der Waals surface area contributed by atoms with Crippen molar-refractivity contribution in [3.05, 3.63) is 35.9 Å². The summed E-state index contributed by atoms with van der Waals surface area (Å²) in [5.74, 6) is 0.114. The van der Waals surface area contributed by atoms with Gasteiger partial charge in [-0.15, -0.1) is 0 Å². The Bertz CT molecular complexity index is 483. The third-order valence-corrected chi connectivity index (χ3v) is 3.84. The molecule has 0 amide bonds. The predicted molar refractivity (Wildman–Crippen MR) is 68.5 cm³/mol. The summed E-state index contributed by atoms with van der Waals surface area (Å²) in [5, 5.41) is 0. The minimum absolute atomic E-state index is 0.0805. The van der Waals surface area contributed by atoms with Gasteiger partial charge >= 0.3 is 0 Å². The average molecular weight is 270 g/mol. The number of hydrogen-bond acceptors (Lipinski definition) is 4. The number of hydrogen-bond donors (Lipinski definition) is 0. The molecule has 1 saturated carbocycles. The van der Waals surface area contributed by atoms with E-state index in [1.54, 1.807) is 0 Å². The molecular formula is C13H18O4S. The molecule has 5 heteroatoms. The number of rotatable bonds is 5. The maximum Gasteiger partial charge on any atom is 0.264 e. The fourth-order valence-electron chi connectivity index (χ4n) is 2.05. The second-order valence-corrected chi connectivity index (χ2v) is 6.37. The largest absolute Gasteiger partial charge is 0.373 e. The van der Waals surface area contributed by atoms with Gasteiger partial charge in [0.05, 0.1) is 25.1 Å². The van der Waals surface area contributed by atoms with E-state index >= 15 is 0 Å². The van der Waals surface area contributed by atoms with Gasteiger partial charge in [-0.05, 0) is 5.56 Å². The van der Waals surface area contributed by atoms with Crippen LogP contribution >= 0.6 is 0 Å². The van der Waals surface area contributed by atoms with Crippen LogP contribution in [0.15, 0.2) is 30.3 Å². The molecule has 0 aliphatic heterocycles. The van der Waals surface area contributed by atoms with Crippen molar-refractivity contribution in [2.75, 3.05) is 6.26 Å². The molecule has 1 fully saturated rings. The molecular weight excluding hydrogens is 252 g/mol. The summed E-state index contributed by atoms with van der Waals surface area (Å²) in [7, 11) is -3.36. The van der Waals surface area contributed by atoms with E-state index in [1.807, 2.05) is 37.3 Å². The lowest BCUT2D eigenvalue weighted by Gasteiger charge is -2.41. The average Bonchev–Trinajstić information content (AvgIpc) is 2.32. The summed E-state index contributed by atoms with van der Waals surface area (Å²) in [4.78, 5) is 0. The van der Waals surface area contributed by atoms with Crippen LogP contribution in [0.3, 0.4) is 0 Å². The third kappa shape index (κ3) is 3.54. The molecule has 0 heterocycles. The Balaban J connectivity index is 1.78. The fourth-order valence-corrected chi connectivity index (χ4v) is 2.75. The van der Waals surface area contributed by atoms with E-state index in [2.05, 4.69) is 0 Å². The van der Waals surface area contributed by atoms with Crippen LogP contribution in [-0.2, 0) is 25.6 Å². The summed E-state index contributed by atoms with van der Waals surface area (Å²) in [6.07, 6.45) is 1.57. The van der Waals surface area contributed by atoms with Crippen molar-refractivity contribution >= 4 is 10.1 Å². The van der Waals surface area contributed by atoms with Crippen LogP contribution in [0, 0.1) is 5.92 Å². The molecule has 0 aromatic heterocycles. The summed E-state index contributed by atoms with van der Waals surface area (Å²) in [6.45, 7) is 2.51. The molecule has 1 aliphatic rings. The Morgan fingerprint density at radius 1 is 1.22 bits per heavy atom. The maximum atomic E-state index is 11.0. The predicted octanol–water partition coefficient (Wildman–Crippen LogP) is 1.96. The lowest BCUT2D eigenvalue weighted by atomic mass is 9.80. The second-order valence-electron chi connectivity index (χ2n) is 4.77. The van der Waals surface area contributed by atoms with Crippen molar-refractivity contribution in [3.8, 4) is 0 Å². The fraction of sp³-hybridized carbons (Fsp3) is 0.538. The Labute approximate surface area is 108 Å². The molecule has 100 valence electrons. The van der Waals surface area contributed by atoms with Gasteiger partial charge in [0, 0.05) is 12.3 Å². The monoisotopic (exact) mass is 270 g/mol. The molecule has 3 atom stereocenters. The first-order chi connectivity index (χ1) is 8.46. The topological polar surface area (TPSA) is 52.6 Å². The van der Waals surface area contributed by atoms with Gasteiger partial charge in [0.15, 0.2) is 0 Å². The highest BCUT2D eigenvalue weighted by molar-refractivity contribution is 7.86. The highest BCUT2D eigenvalue weighted by Gasteiger charge is 2.41. The van der Waals surface area contributed by atoms with E-state index in [4.69, 9.17) is 8.92 Å². The van der Waals surface area contributed by atoms with Gasteiger partial charge in [-0.25, -0.2) is 0 Å². The van der Waals surface area contributed by atoms with Gasteiger partial charge in [-0.1, -0.05) is 37.3 Å². The van der Waals surface area contributed by atoms with Gasteiger partial charge in [0.25, 0.3) is 10.1 Å². The quantitative estimate of drug-likeness (QED) is 0.767. The molecule has 0 bridgehead atoms. The number of benzene rings is 1. The van der Waals surface area contributed by atoms with Gasteiger partial charge in [0.2, 0.25) is 0 Å². The van der Waals surface area contributed by atoms with Gasteiger partial charge in [-0.3, -0.25) is 4.18 Å². The van der Waals surface area contributed by atoms with E-state index < -0.39 is 10.1 Å². The van der Waals surface area contributed by atoms with Crippen molar-refractivity contribution < 1.29 is 17.3 Å². The van der Waals surface area contributed by atoms with Gasteiger partial charge in [-0.2, -0.15) is 8.42 Å². The molecule has 18 heavy (non-hydrogen) atoms. The normalized spacial score (nSPS) is 27.8. The Morgan fingerprint density at radius 3 is 2.44 bits per heavy atom. The first-order valence-corrected chi connectivity index (χ1v) is 7.81. The van der Waals surface area contributed by atoms with Crippen LogP contribution in [0.5, 0.6) is 0 Å². The highest BCUT2D eigenvalue weighted by atomic mass is 32.2. The van der Waals surface area contributed by atoms with Crippen LogP contribution in [-0.4, -0.2) is 26.9 Å². The second kappa shape index (κ2) is 5.38. The summed E-state index contributed by atoms with van der Waals surface area (Å²) >= 11 is 0. The summed E-state index contributed by atoms with van der Waals surface area (Å²) in [5.41, 5.74) is 1.12. The molecule has 2 rings (SSSR count). The zero-order valence-electron chi connectivity index (χ0n) is 10.6. The SMILES string of the molecule is C[C@@H]1[C@@H](OCc2ccccc2)C[C@H]1OS(C)(=O)=O. The van der Waals surface area contributed by atoms with Crippen LogP contribution < -0.4 is 0 Å². The van der Waals surface area contributed by atoms with Gasteiger partial charge in [0.1, 0.15) is 0 Å². The summed E-state index contributed by atoms with van der Waals surface area (Å²) in [6, 6.07) is 9.92. The van der Waals surface area contributed by atoms with E-state index in [0.717, 1.165) is 11.8 Å². The minimum Gasteiger partial charge on any atom is -0.373 e. The summed E-state index contributed by atoms with van der Waals surface area (Å²) < 4.78 is 32.7. The minimum atomic E-state index is -3.36. The zero-order chi connectivity index (χ0) is 13.2. The van der Waals surface area contributed by atoms with Gasteiger partial charge < -0.3 is 4.74 Å². The lowest BCUT2D eigenvalue weighted by molar-refractivity contribution is -0.113.